The number of hydrogen-bond donors (Lipinski definition) is 1. The van der Waals surface area contributed by atoms with Crippen LogP contribution in [-0.2, 0) is 12.8 Å². The van der Waals surface area contributed by atoms with Gasteiger partial charge in [0, 0.05) is 9.61 Å². The number of aryl methyl sites for hydroxylation is 1. The Morgan fingerprint density at radius 2 is 1.71 bits per heavy atom. The first kappa shape index (κ1) is 16.5. The molecule has 0 radical (unpaired) electrons. The largest absolute Gasteiger partial charge is 0.310 e. The van der Waals surface area contributed by atoms with E-state index in [0.29, 0.717) is 6.04 Å². The molecule has 0 saturated heterocycles. The predicted octanol–water partition coefficient (Wildman–Crippen LogP) is 5.14. The Balaban J connectivity index is 2.15. The van der Waals surface area contributed by atoms with Gasteiger partial charge in [0.25, 0.3) is 0 Å². The van der Waals surface area contributed by atoms with Crippen LogP contribution in [0.5, 0.6) is 0 Å². The molecule has 2 aromatic rings. The summed E-state index contributed by atoms with van der Waals surface area (Å²) in [5.74, 6) is 0. The van der Waals surface area contributed by atoms with Crippen LogP contribution in [0.3, 0.4) is 0 Å². The fraction of sp³-hybridized carbons (Fsp3) is 0.368. The second kappa shape index (κ2) is 8.54. The van der Waals surface area contributed by atoms with Crippen LogP contribution in [0.4, 0.5) is 0 Å². The smallest absolute Gasteiger partial charge is 0.0361 e. The maximum absolute atomic E-state index is 3.69. The highest BCUT2D eigenvalue weighted by Gasteiger charge is 2.11. The average molecular weight is 393 g/mol. The lowest BCUT2D eigenvalue weighted by molar-refractivity contribution is 0.529. The van der Waals surface area contributed by atoms with Crippen LogP contribution in [0.2, 0.25) is 0 Å². The minimum atomic E-state index is 0.396. The zero-order valence-electron chi connectivity index (χ0n) is 12.9. The molecule has 1 atom stereocenters. The molecular formula is C19H24IN. The van der Waals surface area contributed by atoms with Crippen molar-refractivity contribution in [3.05, 3.63) is 68.8 Å². The third-order valence-corrected chi connectivity index (χ3v) is 4.43. The van der Waals surface area contributed by atoms with Gasteiger partial charge in [-0.25, -0.2) is 0 Å². The first-order valence-corrected chi connectivity index (χ1v) is 8.87. The van der Waals surface area contributed by atoms with Gasteiger partial charge >= 0.3 is 0 Å². The number of hydrogen-bond acceptors (Lipinski definition) is 1. The van der Waals surface area contributed by atoms with Gasteiger partial charge in [0.15, 0.2) is 0 Å². The van der Waals surface area contributed by atoms with E-state index in [1.54, 1.807) is 0 Å². The molecule has 2 heteroatoms. The molecule has 112 valence electrons. The molecule has 21 heavy (non-hydrogen) atoms. The fourth-order valence-corrected chi connectivity index (χ4v) is 3.06. The standard InChI is InChI=1S/C19H24IN/c1-3-12-21-19(17-6-5-7-18(20)14-17)13-16-10-8-15(4-2)9-11-16/h5-11,14,19,21H,3-4,12-13H2,1-2H3. The minimum Gasteiger partial charge on any atom is -0.310 e. The zero-order chi connectivity index (χ0) is 15.1. The van der Waals surface area contributed by atoms with Crippen LogP contribution >= 0.6 is 22.6 Å². The normalized spacial score (nSPS) is 12.3. The van der Waals surface area contributed by atoms with Crippen molar-refractivity contribution in [2.45, 2.75) is 39.2 Å². The van der Waals surface area contributed by atoms with Crippen LogP contribution < -0.4 is 5.32 Å². The lowest BCUT2D eigenvalue weighted by Gasteiger charge is -2.19. The maximum atomic E-state index is 3.69. The molecule has 1 nitrogen and oxygen atoms in total. The number of rotatable bonds is 7. The quantitative estimate of drug-likeness (QED) is 0.643. The summed E-state index contributed by atoms with van der Waals surface area (Å²) in [6, 6.07) is 18.3. The van der Waals surface area contributed by atoms with Gasteiger partial charge in [-0.2, -0.15) is 0 Å². The highest BCUT2D eigenvalue weighted by atomic mass is 127. The van der Waals surface area contributed by atoms with Gasteiger partial charge in [-0.3, -0.25) is 0 Å². The van der Waals surface area contributed by atoms with Crippen LogP contribution in [0.1, 0.15) is 43.0 Å². The number of nitrogens with one attached hydrogen (secondary N) is 1. The molecule has 0 aliphatic rings. The van der Waals surface area contributed by atoms with Crippen LogP contribution in [-0.4, -0.2) is 6.54 Å². The van der Waals surface area contributed by atoms with Crippen molar-refractivity contribution in [3.8, 4) is 0 Å². The van der Waals surface area contributed by atoms with Crippen LogP contribution in [0.15, 0.2) is 48.5 Å². The Morgan fingerprint density at radius 3 is 2.33 bits per heavy atom. The summed E-state index contributed by atoms with van der Waals surface area (Å²) in [7, 11) is 0. The summed E-state index contributed by atoms with van der Waals surface area (Å²) in [4.78, 5) is 0. The van der Waals surface area contributed by atoms with Crippen molar-refractivity contribution in [1.82, 2.24) is 5.32 Å². The van der Waals surface area contributed by atoms with E-state index >= 15 is 0 Å². The lowest BCUT2D eigenvalue weighted by atomic mass is 9.97. The third kappa shape index (κ3) is 5.11. The monoisotopic (exact) mass is 393 g/mol. The Bertz CT molecular complexity index is 548. The van der Waals surface area contributed by atoms with Crippen molar-refractivity contribution in [1.29, 1.82) is 0 Å². The van der Waals surface area contributed by atoms with Gasteiger partial charge in [-0.1, -0.05) is 50.2 Å². The summed E-state index contributed by atoms with van der Waals surface area (Å²) in [6.07, 6.45) is 3.31. The molecular weight excluding hydrogens is 369 g/mol. The number of benzene rings is 2. The van der Waals surface area contributed by atoms with Crippen molar-refractivity contribution in [2.75, 3.05) is 6.54 Å². The summed E-state index contributed by atoms with van der Waals surface area (Å²) >= 11 is 2.39. The number of halogens is 1. The molecule has 0 heterocycles. The lowest BCUT2D eigenvalue weighted by Crippen LogP contribution is -2.24. The Hall–Kier alpha value is -0.870. The van der Waals surface area contributed by atoms with Crippen molar-refractivity contribution in [3.63, 3.8) is 0 Å². The zero-order valence-corrected chi connectivity index (χ0v) is 15.1. The molecule has 1 unspecified atom stereocenters. The molecule has 0 aliphatic carbocycles. The first-order chi connectivity index (χ1) is 10.2. The van der Waals surface area contributed by atoms with Gasteiger partial charge in [0.1, 0.15) is 0 Å². The molecule has 0 spiro atoms. The fourth-order valence-electron chi connectivity index (χ4n) is 2.50. The maximum Gasteiger partial charge on any atom is 0.0361 e. The second-order valence-electron chi connectivity index (χ2n) is 5.44. The third-order valence-electron chi connectivity index (χ3n) is 3.76. The van der Waals surface area contributed by atoms with E-state index in [4.69, 9.17) is 0 Å². The summed E-state index contributed by atoms with van der Waals surface area (Å²) in [6.45, 7) is 5.48. The van der Waals surface area contributed by atoms with Gasteiger partial charge in [-0.15, -0.1) is 0 Å². The Kier molecular flexibility index (Phi) is 6.71. The Morgan fingerprint density at radius 1 is 1.00 bits per heavy atom. The second-order valence-corrected chi connectivity index (χ2v) is 6.68. The van der Waals surface area contributed by atoms with E-state index in [9.17, 15) is 0 Å². The Labute approximate surface area is 142 Å². The van der Waals surface area contributed by atoms with Gasteiger partial charge in [-0.05, 0) is 77.2 Å². The summed E-state index contributed by atoms with van der Waals surface area (Å²) < 4.78 is 1.30. The topological polar surface area (TPSA) is 12.0 Å². The van der Waals surface area contributed by atoms with E-state index < -0.39 is 0 Å². The van der Waals surface area contributed by atoms with E-state index in [2.05, 4.69) is 90.3 Å². The molecule has 0 saturated carbocycles. The van der Waals surface area contributed by atoms with Crippen molar-refractivity contribution < 1.29 is 0 Å². The first-order valence-electron chi connectivity index (χ1n) is 7.79. The van der Waals surface area contributed by atoms with Crippen molar-refractivity contribution >= 4 is 22.6 Å². The molecule has 0 aromatic heterocycles. The van der Waals surface area contributed by atoms with Crippen LogP contribution in [0.25, 0.3) is 0 Å². The van der Waals surface area contributed by atoms with Gasteiger partial charge < -0.3 is 5.32 Å². The van der Waals surface area contributed by atoms with E-state index in [-0.39, 0.29) is 0 Å². The highest BCUT2D eigenvalue weighted by Crippen LogP contribution is 2.21. The highest BCUT2D eigenvalue weighted by molar-refractivity contribution is 14.1. The SMILES string of the molecule is CCCNC(Cc1ccc(CC)cc1)c1cccc(I)c1. The van der Waals surface area contributed by atoms with Gasteiger partial charge in [0.2, 0.25) is 0 Å². The van der Waals surface area contributed by atoms with Gasteiger partial charge in [0.05, 0.1) is 0 Å². The predicted molar refractivity (Wildman–Crippen MR) is 99.7 cm³/mol. The molecule has 0 amide bonds. The molecule has 2 aromatic carbocycles. The van der Waals surface area contributed by atoms with E-state index in [1.807, 2.05) is 0 Å². The average Bonchev–Trinajstić information content (AvgIpc) is 2.52. The summed E-state index contributed by atoms with van der Waals surface area (Å²) in [5.41, 5.74) is 4.20. The minimum absolute atomic E-state index is 0.396. The molecule has 0 aliphatic heterocycles. The van der Waals surface area contributed by atoms with Crippen molar-refractivity contribution in [2.24, 2.45) is 0 Å². The molecule has 1 N–H and O–H groups in total. The van der Waals surface area contributed by atoms with Crippen LogP contribution in [0, 0.1) is 3.57 Å². The molecule has 0 bridgehead atoms. The molecule has 0 fully saturated rings. The van der Waals surface area contributed by atoms with E-state index in [1.165, 1.54) is 20.3 Å². The van der Waals surface area contributed by atoms with E-state index in [0.717, 1.165) is 25.8 Å². The molecule has 2 rings (SSSR count). The summed E-state index contributed by atoms with van der Waals surface area (Å²) in [5, 5.41) is 3.69.